The fourth-order valence-corrected chi connectivity index (χ4v) is 2.35. The number of benzene rings is 1. The molecule has 5 N–H and O–H groups in total. The quantitative estimate of drug-likeness (QED) is 0.609. The van der Waals surface area contributed by atoms with E-state index >= 15 is 0 Å². The molecule has 6 nitrogen and oxygen atoms in total. The monoisotopic (exact) mass is 354 g/mol. The van der Waals surface area contributed by atoms with Gasteiger partial charge >= 0.3 is 6.03 Å². The summed E-state index contributed by atoms with van der Waals surface area (Å²) >= 11 is 11.8. The topological polar surface area (TPSA) is 96.2 Å². The third-order valence-electron chi connectivity index (χ3n) is 3.24. The minimum atomic E-state index is -0.537. The standard InChI is InChI=1S/C15H16Cl2N4O2/c1-8-12(18)13(21-15(23)20-8)14(22)19-6-2-3-9-4-5-10(16)11(17)7-9/h4-5,7H,1-3,6,18H2,(H,19,22)(H2,20,21,23). The number of hydrogen-bond acceptors (Lipinski definition) is 3. The third-order valence-corrected chi connectivity index (χ3v) is 3.98. The summed E-state index contributed by atoms with van der Waals surface area (Å²) in [5.41, 5.74) is 7.08. The summed E-state index contributed by atoms with van der Waals surface area (Å²) in [6.07, 6.45) is 1.43. The van der Waals surface area contributed by atoms with Crippen molar-refractivity contribution in [2.45, 2.75) is 12.8 Å². The molecule has 0 atom stereocenters. The molecule has 0 bridgehead atoms. The van der Waals surface area contributed by atoms with Gasteiger partial charge in [0.05, 0.1) is 21.4 Å². The van der Waals surface area contributed by atoms with Crippen molar-refractivity contribution in [1.82, 2.24) is 16.0 Å². The summed E-state index contributed by atoms with van der Waals surface area (Å²) < 4.78 is 0. The van der Waals surface area contributed by atoms with Gasteiger partial charge in [0.15, 0.2) is 0 Å². The number of carbonyl (C=O) groups is 2. The summed E-state index contributed by atoms with van der Waals surface area (Å²) in [7, 11) is 0. The Morgan fingerprint density at radius 2 is 2.00 bits per heavy atom. The van der Waals surface area contributed by atoms with Gasteiger partial charge in [0.2, 0.25) is 0 Å². The van der Waals surface area contributed by atoms with Gasteiger partial charge in [-0.15, -0.1) is 0 Å². The lowest BCUT2D eigenvalue weighted by Gasteiger charge is -2.20. The van der Waals surface area contributed by atoms with E-state index in [-0.39, 0.29) is 17.1 Å². The molecule has 0 radical (unpaired) electrons. The minimum Gasteiger partial charge on any atom is -0.395 e. The highest BCUT2D eigenvalue weighted by Crippen LogP contribution is 2.23. The number of nitrogens with one attached hydrogen (secondary N) is 3. The number of amides is 3. The Morgan fingerprint density at radius 1 is 1.26 bits per heavy atom. The van der Waals surface area contributed by atoms with Crippen LogP contribution >= 0.6 is 23.2 Å². The summed E-state index contributed by atoms with van der Waals surface area (Å²) in [4.78, 5) is 23.4. The second-order valence-electron chi connectivity index (χ2n) is 4.95. The molecule has 23 heavy (non-hydrogen) atoms. The molecule has 0 aromatic heterocycles. The Hall–Kier alpha value is -2.18. The average Bonchev–Trinajstić information content (AvgIpc) is 2.50. The Morgan fingerprint density at radius 3 is 2.70 bits per heavy atom. The van der Waals surface area contributed by atoms with Crippen LogP contribution in [0.1, 0.15) is 12.0 Å². The van der Waals surface area contributed by atoms with Crippen molar-refractivity contribution in [3.8, 4) is 0 Å². The lowest BCUT2D eigenvalue weighted by Crippen LogP contribution is -2.47. The Kier molecular flexibility index (Phi) is 5.52. The largest absolute Gasteiger partial charge is 0.395 e. The van der Waals surface area contributed by atoms with Crippen molar-refractivity contribution in [2.75, 3.05) is 6.54 Å². The molecular weight excluding hydrogens is 339 g/mol. The van der Waals surface area contributed by atoms with Gasteiger partial charge in [-0.3, -0.25) is 4.79 Å². The molecule has 0 saturated carbocycles. The highest BCUT2D eigenvalue weighted by Gasteiger charge is 2.23. The molecule has 122 valence electrons. The molecule has 1 aliphatic heterocycles. The van der Waals surface area contributed by atoms with Gasteiger partial charge in [0, 0.05) is 6.54 Å². The zero-order valence-corrected chi connectivity index (χ0v) is 13.7. The zero-order chi connectivity index (χ0) is 17.0. The van der Waals surface area contributed by atoms with Crippen molar-refractivity contribution in [2.24, 2.45) is 5.73 Å². The Bertz CT molecular complexity index is 701. The smallest absolute Gasteiger partial charge is 0.323 e. The molecule has 0 saturated heterocycles. The number of halogens is 2. The first-order valence-corrected chi connectivity index (χ1v) is 7.63. The molecule has 0 spiro atoms. The minimum absolute atomic E-state index is 0.00767. The lowest BCUT2D eigenvalue weighted by atomic mass is 10.1. The third kappa shape index (κ3) is 4.40. The Balaban J connectivity index is 1.85. The SMILES string of the molecule is C=C1NC(=O)NC(C(=O)NCCCc2ccc(Cl)c(Cl)c2)=C1N. The van der Waals surface area contributed by atoms with E-state index in [1.807, 2.05) is 6.07 Å². The van der Waals surface area contributed by atoms with Crippen LogP contribution in [0.25, 0.3) is 0 Å². The molecule has 3 amide bonds. The average molecular weight is 355 g/mol. The fraction of sp³-hybridized carbons (Fsp3) is 0.200. The van der Waals surface area contributed by atoms with Crippen LogP contribution in [-0.4, -0.2) is 18.5 Å². The van der Waals surface area contributed by atoms with Gasteiger partial charge in [-0.25, -0.2) is 4.79 Å². The molecule has 0 fully saturated rings. The Labute approximate surface area is 143 Å². The van der Waals surface area contributed by atoms with Gasteiger partial charge in [0.25, 0.3) is 5.91 Å². The maximum atomic E-state index is 12.0. The summed E-state index contributed by atoms with van der Waals surface area (Å²) in [5.74, 6) is -0.451. The van der Waals surface area contributed by atoms with Crippen LogP contribution in [-0.2, 0) is 11.2 Å². The van der Waals surface area contributed by atoms with Crippen molar-refractivity contribution < 1.29 is 9.59 Å². The molecule has 0 unspecified atom stereocenters. The van der Waals surface area contributed by atoms with Crippen molar-refractivity contribution in [1.29, 1.82) is 0 Å². The van der Waals surface area contributed by atoms with Crippen LogP contribution in [0.15, 0.2) is 41.9 Å². The van der Waals surface area contributed by atoms with Crippen LogP contribution < -0.4 is 21.7 Å². The van der Waals surface area contributed by atoms with Gasteiger partial charge in [0.1, 0.15) is 5.70 Å². The van der Waals surface area contributed by atoms with E-state index in [1.54, 1.807) is 12.1 Å². The van der Waals surface area contributed by atoms with Gasteiger partial charge in [-0.05, 0) is 30.5 Å². The molecular formula is C15H16Cl2N4O2. The summed E-state index contributed by atoms with van der Waals surface area (Å²) in [5, 5.41) is 8.46. The van der Waals surface area contributed by atoms with E-state index in [1.165, 1.54) is 0 Å². The molecule has 0 aliphatic carbocycles. The molecule has 8 heteroatoms. The first-order chi connectivity index (χ1) is 10.9. The van der Waals surface area contributed by atoms with Crippen LogP contribution in [0.4, 0.5) is 4.79 Å². The zero-order valence-electron chi connectivity index (χ0n) is 12.2. The fourth-order valence-electron chi connectivity index (χ4n) is 2.02. The summed E-state index contributed by atoms with van der Waals surface area (Å²) in [6, 6.07) is 4.88. The highest BCUT2D eigenvalue weighted by molar-refractivity contribution is 6.42. The van der Waals surface area contributed by atoms with E-state index in [0.717, 1.165) is 12.0 Å². The number of nitrogens with two attached hydrogens (primary N) is 1. The maximum absolute atomic E-state index is 12.0. The first-order valence-electron chi connectivity index (χ1n) is 6.87. The first kappa shape index (κ1) is 17.2. The number of urea groups is 1. The van der Waals surface area contributed by atoms with Crippen LogP contribution in [0.3, 0.4) is 0 Å². The number of carbonyl (C=O) groups excluding carboxylic acids is 2. The van der Waals surface area contributed by atoms with E-state index in [9.17, 15) is 9.59 Å². The van der Waals surface area contributed by atoms with Crippen molar-refractivity contribution in [3.63, 3.8) is 0 Å². The molecule has 1 aromatic rings. The van der Waals surface area contributed by atoms with E-state index < -0.39 is 11.9 Å². The van der Waals surface area contributed by atoms with E-state index in [4.69, 9.17) is 28.9 Å². The molecule has 2 rings (SSSR count). The number of hydrogen-bond donors (Lipinski definition) is 4. The van der Waals surface area contributed by atoms with Crippen molar-refractivity contribution in [3.05, 3.63) is 57.5 Å². The normalized spacial score (nSPS) is 14.3. The second kappa shape index (κ2) is 7.39. The number of rotatable bonds is 5. The summed E-state index contributed by atoms with van der Waals surface area (Å²) in [6.45, 7) is 3.99. The molecule has 1 aliphatic rings. The number of aryl methyl sites for hydroxylation is 1. The van der Waals surface area contributed by atoms with Crippen LogP contribution in [0.5, 0.6) is 0 Å². The predicted octanol–water partition coefficient (Wildman–Crippen LogP) is 2.04. The highest BCUT2D eigenvalue weighted by atomic mass is 35.5. The molecule has 1 aromatic carbocycles. The lowest BCUT2D eigenvalue weighted by molar-refractivity contribution is -0.117. The van der Waals surface area contributed by atoms with Crippen LogP contribution in [0.2, 0.25) is 10.0 Å². The maximum Gasteiger partial charge on any atom is 0.323 e. The van der Waals surface area contributed by atoms with Crippen molar-refractivity contribution >= 4 is 35.1 Å². The van der Waals surface area contributed by atoms with E-state index in [2.05, 4.69) is 22.5 Å². The van der Waals surface area contributed by atoms with Crippen LogP contribution in [0, 0.1) is 0 Å². The predicted molar refractivity (Wildman–Crippen MR) is 89.8 cm³/mol. The van der Waals surface area contributed by atoms with E-state index in [0.29, 0.717) is 23.0 Å². The second-order valence-corrected chi connectivity index (χ2v) is 5.77. The van der Waals surface area contributed by atoms with Gasteiger partial charge < -0.3 is 21.7 Å². The van der Waals surface area contributed by atoms with Gasteiger partial charge in [-0.2, -0.15) is 0 Å². The van der Waals surface area contributed by atoms with Gasteiger partial charge in [-0.1, -0.05) is 35.8 Å². The molecule has 1 heterocycles.